The van der Waals surface area contributed by atoms with E-state index in [0.717, 1.165) is 15.7 Å². The Morgan fingerprint density at radius 3 is 2.41 bits per heavy atom. The minimum absolute atomic E-state index is 0.0138. The highest BCUT2D eigenvalue weighted by molar-refractivity contribution is 9.10. The topological polar surface area (TPSA) is 34.9 Å². The zero-order valence-electron chi connectivity index (χ0n) is 11.7. The third-order valence-corrected chi connectivity index (χ3v) is 3.78. The van der Waals surface area contributed by atoms with Gasteiger partial charge in [0.05, 0.1) is 6.33 Å². The molecule has 0 fully saturated rings. The van der Waals surface area contributed by atoms with E-state index in [4.69, 9.17) is 0 Å². The van der Waals surface area contributed by atoms with Gasteiger partial charge in [-0.1, -0.05) is 34.1 Å². The van der Waals surface area contributed by atoms with Gasteiger partial charge >= 0.3 is 0 Å². The van der Waals surface area contributed by atoms with Crippen molar-refractivity contribution in [1.82, 2.24) is 9.55 Å². The molecule has 3 aromatic rings. The molecule has 0 radical (unpaired) electrons. The Kier molecular flexibility index (Phi) is 4.30. The molecule has 22 heavy (non-hydrogen) atoms. The van der Waals surface area contributed by atoms with Crippen LogP contribution in [0.25, 0.3) is 11.8 Å². The van der Waals surface area contributed by atoms with Gasteiger partial charge in [-0.3, -0.25) is 4.79 Å². The Morgan fingerprint density at radius 2 is 1.77 bits per heavy atom. The average molecular weight is 353 g/mol. The molecule has 0 bridgehead atoms. The number of allylic oxidation sites excluding steroid dienone is 1. The first-order chi connectivity index (χ1) is 10.7. The molecule has 0 saturated heterocycles. The number of carbonyl (C=O) groups excluding carboxylic acids is 1. The minimum Gasteiger partial charge on any atom is -0.306 e. The van der Waals surface area contributed by atoms with Crippen molar-refractivity contribution in [1.29, 1.82) is 0 Å². The lowest BCUT2D eigenvalue weighted by molar-refractivity contribution is 0.104. The molecule has 0 atom stereocenters. The van der Waals surface area contributed by atoms with Gasteiger partial charge in [-0.2, -0.15) is 0 Å². The van der Waals surface area contributed by atoms with Gasteiger partial charge in [-0.15, -0.1) is 0 Å². The third kappa shape index (κ3) is 3.40. The number of benzene rings is 2. The highest BCUT2D eigenvalue weighted by Crippen LogP contribution is 2.13. The SMILES string of the molecule is O=C(/C=C\c1ccc(Br)cc1)c1ccc(-n2ccnc2)cc1. The molecule has 1 heterocycles. The molecule has 3 rings (SSSR count). The molecule has 0 spiro atoms. The van der Waals surface area contributed by atoms with Gasteiger partial charge in [-0.05, 0) is 48.0 Å². The summed E-state index contributed by atoms with van der Waals surface area (Å²) in [7, 11) is 0. The monoisotopic (exact) mass is 352 g/mol. The van der Waals surface area contributed by atoms with E-state index in [0.29, 0.717) is 5.56 Å². The molecule has 0 aliphatic rings. The van der Waals surface area contributed by atoms with Gasteiger partial charge in [0.2, 0.25) is 0 Å². The largest absolute Gasteiger partial charge is 0.306 e. The molecule has 4 heteroatoms. The second kappa shape index (κ2) is 6.54. The second-order valence-electron chi connectivity index (χ2n) is 4.77. The fraction of sp³-hybridized carbons (Fsp3) is 0. The van der Waals surface area contributed by atoms with Crippen LogP contribution in [0.2, 0.25) is 0 Å². The summed E-state index contributed by atoms with van der Waals surface area (Å²) in [5.41, 5.74) is 2.63. The first kappa shape index (κ1) is 14.5. The van der Waals surface area contributed by atoms with E-state index >= 15 is 0 Å². The van der Waals surface area contributed by atoms with Gasteiger partial charge in [0.15, 0.2) is 5.78 Å². The maximum atomic E-state index is 12.2. The number of halogens is 1. The van der Waals surface area contributed by atoms with Crippen LogP contribution < -0.4 is 0 Å². The minimum atomic E-state index is -0.0138. The van der Waals surface area contributed by atoms with E-state index in [1.807, 2.05) is 65.4 Å². The molecule has 1 aromatic heterocycles. The average Bonchev–Trinajstić information content (AvgIpc) is 3.09. The number of ketones is 1. The van der Waals surface area contributed by atoms with Gasteiger partial charge in [0.1, 0.15) is 0 Å². The van der Waals surface area contributed by atoms with Crippen molar-refractivity contribution >= 4 is 27.8 Å². The summed E-state index contributed by atoms with van der Waals surface area (Å²) in [4.78, 5) is 16.2. The van der Waals surface area contributed by atoms with Crippen LogP contribution in [0.15, 0.2) is 77.8 Å². The van der Waals surface area contributed by atoms with Gasteiger partial charge in [-0.25, -0.2) is 4.98 Å². The van der Waals surface area contributed by atoms with E-state index in [-0.39, 0.29) is 5.78 Å². The normalized spacial score (nSPS) is 11.0. The van der Waals surface area contributed by atoms with Crippen LogP contribution in [0, 0.1) is 0 Å². The van der Waals surface area contributed by atoms with Crippen LogP contribution in [-0.4, -0.2) is 15.3 Å². The van der Waals surface area contributed by atoms with Crippen LogP contribution in [0.1, 0.15) is 15.9 Å². The summed E-state index contributed by atoms with van der Waals surface area (Å²) >= 11 is 3.39. The van der Waals surface area contributed by atoms with E-state index < -0.39 is 0 Å². The van der Waals surface area contributed by atoms with Gasteiger partial charge in [0.25, 0.3) is 0 Å². The van der Waals surface area contributed by atoms with Crippen molar-refractivity contribution in [3.63, 3.8) is 0 Å². The summed E-state index contributed by atoms with van der Waals surface area (Å²) in [5.74, 6) is -0.0138. The third-order valence-electron chi connectivity index (χ3n) is 3.25. The predicted molar refractivity (Wildman–Crippen MR) is 91.1 cm³/mol. The van der Waals surface area contributed by atoms with E-state index in [9.17, 15) is 4.79 Å². The molecule has 0 amide bonds. The standard InChI is InChI=1S/C18H13BrN2O/c19-16-6-1-14(2-7-16)3-10-18(22)15-4-8-17(9-5-15)21-12-11-20-13-21/h1-13H/b10-3-. The van der Waals surface area contributed by atoms with Crippen molar-refractivity contribution in [3.8, 4) is 5.69 Å². The lowest BCUT2D eigenvalue weighted by Crippen LogP contribution is -1.96. The van der Waals surface area contributed by atoms with E-state index in [1.54, 1.807) is 18.6 Å². The van der Waals surface area contributed by atoms with Gasteiger partial charge < -0.3 is 4.57 Å². The maximum Gasteiger partial charge on any atom is 0.185 e. The van der Waals surface area contributed by atoms with Gasteiger partial charge in [0, 0.05) is 28.1 Å². The van der Waals surface area contributed by atoms with Crippen molar-refractivity contribution in [2.75, 3.05) is 0 Å². The molecular formula is C18H13BrN2O. The summed E-state index contributed by atoms with van der Waals surface area (Å²) in [5, 5.41) is 0. The predicted octanol–water partition coefficient (Wildman–Crippen LogP) is 4.53. The number of hydrogen-bond donors (Lipinski definition) is 0. The Bertz CT molecular complexity index is 788. The quantitative estimate of drug-likeness (QED) is 0.510. The Hall–Kier alpha value is -2.46. The van der Waals surface area contributed by atoms with E-state index in [2.05, 4.69) is 20.9 Å². The van der Waals surface area contributed by atoms with Crippen LogP contribution in [-0.2, 0) is 0 Å². The van der Waals surface area contributed by atoms with Crippen molar-refractivity contribution < 1.29 is 4.79 Å². The Balaban J connectivity index is 1.73. The smallest absolute Gasteiger partial charge is 0.185 e. The fourth-order valence-electron chi connectivity index (χ4n) is 2.05. The van der Waals surface area contributed by atoms with Crippen molar-refractivity contribution in [2.45, 2.75) is 0 Å². The van der Waals surface area contributed by atoms with Crippen molar-refractivity contribution in [2.24, 2.45) is 0 Å². The zero-order chi connectivity index (χ0) is 15.4. The van der Waals surface area contributed by atoms with Crippen LogP contribution in [0.5, 0.6) is 0 Å². The molecule has 108 valence electrons. The highest BCUT2D eigenvalue weighted by atomic mass is 79.9. The number of rotatable bonds is 4. The number of imidazole rings is 1. The summed E-state index contributed by atoms with van der Waals surface area (Å²) in [6.45, 7) is 0. The molecule has 3 nitrogen and oxygen atoms in total. The summed E-state index contributed by atoms with van der Waals surface area (Å²) in [6.07, 6.45) is 8.72. The van der Waals surface area contributed by atoms with Crippen LogP contribution in [0.4, 0.5) is 0 Å². The molecule has 2 aromatic carbocycles. The Morgan fingerprint density at radius 1 is 1.05 bits per heavy atom. The Labute approximate surface area is 137 Å². The molecule has 0 aliphatic carbocycles. The lowest BCUT2D eigenvalue weighted by atomic mass is 10.1. The molecule has 0 saturated carbocycles. The number of hydrogen-bond acceptors (Lipinski definition) is 2. The molecular weight excluding hydrogens is 340 g/mol. The lowest BCUT2D eigenvalue weighted by Gasteiger charge is -2.02. The molecule has 0 aliphatic heterocycles. The van der Waals surface area contributed by atoms with Crippen LogP contribution >= 0.6 is 15.9 Å². The first-order valence-electron chi connectivity index (χ1n) is 6.79. The second-order valence-corrected chi connectivity index (χ2v) is 5.68. The molecule has 0 unspecified atom stereocenters. The fourth-order valence-corrected chi connectivity index (χ4v) is 2.32. The van der Waals surface area contributed by atoms with Crippen LogP contribution in [0.3, 0.4) is 0 Å². The number of nitrogens with zero attached hydrogens (tertiary/aromatic N) is 2. The first-order valence-corrected chi connectivity index (χ1v) is 7.58. The van der Waals surface area contributed by atoms with E-state index in [1.165, 1.54) is 0 Å². The van der Waals surface area contributed by atoms with Crippen molar-refractivity contribution in [3.05, 3.63) is 88.9 Å². The zero-order valence-corrected chi connectivity index (χ0v) is 13.3. The molecule has 0 N–H and O–H groups in total. The highest BCUT2D eigenvalue weighted by Gasteiger charge is 2.02. The maximum absolute atomic E-state index is 12.2. The summed E-state index contributed by atoms with van der Waals surface area (Å²) < 4.78 is 2.91. The number of carbonyl (C=O) groups is 1. The number of aromatic nitrogens is 2. The summed E-state index contributed by atoms with van der Waals surface area (Å²) in [6, 6.07) is 15.3.